The molecule has 0 aliphatic rings. The maximum atomic E-state index is 5.44. The fourth-order valence-corrected chi connectivity index (χ4v) is 2.25. The summed E-state index contributed by atoms with van der Waals surface area (Å²) in [5.41, 5.74) is 4.78. The van der Waals surface area contributed by atoms with Crippen molar-refractivity contribution in [2.45, 2.75) is 13.8 Å². The highest BCUT2D eigenvalue weighted by atomic mass is 16.5. The summed E-state index contributed by atoms with van der Waals surface area (Å²) in [6, 6.07) is 12.4. The van der Waals surface area contributed by atoms with Gasteiger partial charge in [0.15, 0.2) is 11.5 Å². The fourth-order valence-electron chi connectivity index (χ4n) is 2.25. The molecule has 18 heavy (non-hydrogen) atoms. The predicted molar refractivity (Wildman–Crippen MR) is 74.5 cm³/mol. The molecule has 0 aliphatic heterocycles. The second kappa shape index (κ2) is 5.13. The summed E-state index contributed by atoms with van der Waals surface area (Å²) < 4.78 is 10.8. The maximum Gasteiger partial charge on any atom is 0.164 e. The van der Waals surface area contributed by atoms with Crippen LogP contribution in [-0.4, -0.2) is 14.2 Å². The van der Waals surface area contributed by atoms with Crippen LogP contribution in [0.3, 0.4) is 0 Å². The van der Waals surface area contributed by atoms with Crippen LogP contribution in [0.1, 0.15) is 11.1 Å². The molecule has 94 valence electrons. The van der Waals surface area contributed by atoms with Gasteiger partial charge in [-0.2, -0.15) is 0 Å². The molecule has 0 radical (unpaired) electrons. The van der Waals surface area contributed by atoms with E-state index in [1.807, 2.05) is 6.07 Å². The van der Waals surface area contributed by atoms with E-state index in [-0.39, 0.29) is 0 Å². The Morgan fingerprint density at radius 2 is 1.50 bits per heavy atom. The minimum absolute atomic E-state index is 0.771. The van der Waals surface area contributed by atoms with Crippen LogP contribution in [0.15, 0.2) is 36.4 Å². The van der Waals surface area contributed by atoms with Gasteiger partial charge in [0.2, 0.25) is 0 Å². The van der Waals surface area contributed by atoms with E-state index in [0.717, 1.165) is 17.1 Å². The first-order valence-electron chi connectivity index (χ1n) is 5.96. The van der Waals surface area contributed by atoms with Gasteiger partial charge in [-0.1, -0.05) is 30.3 Å². The third-order valence-electron chi connectivity index (χ3n) is 3.23. The molecule has 0 saturated heterocycles. The van der Waals surface area contributed by atoms with E-state index < -0.39 is 0 Å². The van der Waals surface area contributed by atoms with Crippen LogP contribution < -0.4 is 9.47 Å². The van der Waals surface area contributed by atoms with Crippen LogP contribution in [0.5, 0.6) is 11.5 Å². The van der Waals surface area contributed by atoms with Crippen molar-refractivity contribution >= 4 is 0 Å². The summed E-state index contributed by atoms with van der Waals surface area (Å²) in [5, 5.41) is 0. The molecule has 0 aromatic heterocycles. The highest BCUT2D eigenvalue weighted by molar-refractivity contribution is 5.74. The Morgan fingerprint density at radius 1 is 0.778 bits per heavy atom. The van der Waals surface area contributed by atoms with Gasteiger partial charge in [0.05, 0.1) is 14.2 Å². The van der Waals surface area contributed by atoms with Crippen LogP contribution in [0.4, 0.5) is 0 Å². The molecule has 2 nitrogen and oxygen atoms in total. The number of benzene rings is 2. The molecule has 2 heteroatoms. The van der Waals surface area contributed by atoms with Crippen molar-refractivity contribution in [2.75, 3.05) is 14.2 Å². The van der Waals surface area contributed by atoms with Gasteiger partial charge >= 0.3 is 0 Å². The Kier molecular flexibility index (Phi) is 3.56. The standard InChI is InChI=1S/C16H18O2/c1-11-7-5-6-8-13(11)14-9-10-15(17-3)16(18-4)12(14)2/h5-10H,1-4H3. The van der Waals surface area contributed by atoms with Crippen molar-refractivity contribution < 1.29 is 9.47 Å². The zero-order valence-electron chi connectivity index (χ0n) is 11.3. The summed E-state index contributed by atoms with van der Waals surface area (Å²) in [6.07, 6.45) is 0. The summed E-state index contributed by atoms with van der Waals surface area (Å²) >= 11 is 0. The highest BCUT2D eigenvalue weighted by Gasteiger charge is 2.13. The lowest BCUT2D eigenvalue weighted by atomic mass is 9.96. The number of rotatable bonds is 3. The Bertz CT molecular complexity index is 559. The number of ether oxygens (including phenoxy) is 2. The van der Waals surface area contributed by atoms with E-state index in [2.05, 4.69) is 44.2 Å². The van der Waals surface area contributed by atoms with Crippen LogP contribution in [0, 0.1) is 13.8 Å². The first-order chi connectivity index (χ1) is 8.69. The zero-order valence-corrected chi connectivity index (χ0v) is 11.3. The fraction of sp³-hybridized carbons (Fsp3) is 0.250. The minimum Gasteiger partial charge on any atom is -0.493 e. The monoisotopic (exact) mass is 242 g/mol. The van der Waals surface area contributed by atoms with Crippen molar-refractivity contribution in [2.24, 2.45) is 0 Å². The molecule has 0 spiro atoms. The molecule has 2 aromatic rings. The Hall–Kier alpha value is -1.96. The summed E-state index contributed by atoms with van der Waals surface area (Å²) in [6.45, 7) is 4.18. The highest BCUT2D eigenvalue weighted by Crippen LogP contribution is 2.38. The van der Waals surface area contributed by atoms with Crippen molar-refractivity contribution in [1.82, 2.24) is 0 Å². The van der Waals surface area contributed by atoms with Gasteiger partial charge in [0.25, 0.3) is 0 Å². The lowest BCUT2D eigenvalue weighted by molar-refractivity contribution is 0.353. The number of hydrogen-bond acceptors (Lipinski definition) is 2. The van der Waals surface area contributed by atoms with E-state index in [4.69, 9.17) is 9.47 Å². The average Bonchev–Trinajstić information content (AvgIpc) is 2.39. The first-order valence-corrected chi connectivity index (χ1v) is 5.96. The lowest BCUT2D eigenvalue weighted by Crippen LogP contribution is -1.95. The average molecular weight is 242 g/mol. The molecule has 0 aliphatic carbocycles. The van der Waals surface area contributed by atoms with E-state index in [9.17, 15) is 0 Å². The topological polar surface area (TPSA) is 18.5 Å². The largest absolute Gasteiger partial charge is 0.493 e. The Labute approximate surface area is 108 Å². The van der Waals surface area contributed by atoms with Gasteiger partial charge in [0, 0.05) is 5.56 Å². The van der Waals surface area contributed by atoms with Gasteiger partial charge < -0.3 is 9.47 Å². The molecule has 0 saturated carbocycles. The third-order valence-corrected chi connectivity index (χ3v) is 3.23. The smallest absolute Gasteiger partial charge is 0.164 e. The van der Waals surface area contributed by atoms with Crippen molar-refractivity contribution in [3.8, 4) is 22.6 Å². The van der Waals surface area contributed by atoms with Gasteiger partial charge in [-0.05, 0) is 36.6 Å². The van der Waals surface area contributed by atoms with Gasteiger partial charge in [-0.15, -0.1) is 0 Å². The van der Waals surface area contributed by atoms with Crippen LogP contribution >= 0.6 is 0 Å². The van der Waals surface area contributed by atoms with Crippen molar-refractivity contribution in [1.29, 1.82) is 0 Å². The minimum atomic E-state index is 0.771. The quantitative estimate of drug-likeness (QED) is 0.810. The van der Waals surface area contributed by atoms with Crippen LogP contribution in [0.2, 0.25) is 0 Å². The van der Waals surface area contributed by atoms with E-state index in [1.165, 1.54) is 16.7 Å². The lowest BCUT2D eigenvalue weighted by Gasteiger charge is -2.15. The number of methoxy groups -OCH3 is 2. The number of aryl methyl sites for hydroxylation is 1. The molecule has 0 N–H and O–H groups in total. The molecule has 0 atom stereocenters. The molecule has 0 amide bonds. The number of hydrogen-bond donors (Lipinski definition) is 0. The normalized spacial score (nSPS) is 10.2. The van der Waals surface area contributed by atoms with E-state index >= 15 is 0 Å². The van der Waals surface area contributed by atoms with Crippen LogP contribution in [-0.2, 0) is 0 Å². The Balaban J connectivity index is 2.63. The second-order valence-corrected chi connectivity index (χ2v) is 4.29. The molecule has 0 fully saturated rings. The maximum absolute atomic E-state index is 5.44. The molecular formula is C16H18O2. The summed E-state index contributed by atoms with van der Waals surface area (Å²) in [4.78, 5) is 0. The molecule has 0 heterocycles. The van der Waals surface area contributed by atoms with Gasteiger partial charge in [-0.25, -0.2) is 0 Å². The zero-order chi connectivity index (χ0) is 13.1. The molecule has 0 bridgehead atoms. The van der Waals surface area contributed by atoms with Gasteiger partial charge in [-0.3, -0.25) is 0 Å². The first kappa shape index (κ1) is 12.5. The molecular weight excluding hydrogens is 224 g/mol. The van der Waals surface area contributed by atoms with Crippen LogP contribution in [0.25, 0.3) is 11.1 Å². The van der Waals surface area contributed by atoms with Gasteiger partial charge in [0.1, 0.15) is 0 Å². The predicted octanol–water partition coefficient (Wildman–Crippen LogP) is 3.99. The third kappa shape index (κ3) is 2.06. The SMILES string of the molecule is COc1ccc(-c2ccccc2C)c(C)c1OC. The molecule has 0 unspecified atom stereocenters. The van der Waals surface area contributed by atoms with E-state index in [1.54, 1.807) is 14.2 Å². The Morgan fingerprint density at radius 3 is 2.11 bits per heavy atom. The molecule has 2 rings (SSSR count). The second-order valence-electron chi connectivity index (χ2n) is 4.29. The molecule has 2 aromatic carbocycles. The summed E-state index contributed by atoms with van der Waals surface area (Å²) in [5.74, 6) is 1.57. The van der Waals surface area contributed by atoms with Crippen molar-refractivity contribution in [3.63, 3.8) is 0 Å². The van der Waals surface area contributed by atoms with Crippen molar-refractivity contribution in [3.05, 3.63) is 47.5 Å². The summed E-state index contributed by atoms with van der Waals surface area (Å²) in [7, 11) is 3.33. The van der Waals surface area contributed by atoms with E-state index in [0.29, 0.717) is 0 Å².